The number of nitrogens with one attached hydrogen (secondary N) is 1. The van der Waals surface area contributed by atoms with Crippen molar-refractivity contribution in [3.05, 3.63) is 12.2 Å². The zero-order valence-electron chi connectivity index (χ0n) is 17.9. The number of aliphatic hydroxyl groups excluding tert-OH is 1. The van der Waals surface area contributed by atoms with E-state index in [1.165, 1.54) is 57.8 Å². The van der Waals surface area contributed by atoms with Gasteiger partial charge in [-0.15, -0.1) is 0 Å². The SMILES string of the molecule is CCCCCCCCCCCC/C=C/[C@H](O)[C@H](C)NC(=O)OC(C)(C)C. The molecule has 0 unspecified atom stereocenters. The number of hydrogen-bond donors (Lipinski definition) is 2. The first-order chi connectivity index (χ1) is 12.3. The van der Waals surface area contributed by atoms with E-state index in [2.05, 4.69) is 12.2 Å². The smallest absolute Gasteiger partial charge is 0.407 e. The van der Waals surface area contributed by atoms with Crippen LogP contribution in [-0.4, -0.2) is 28.9 Å². The largest absolute Gasteiger partial charge is 0.444 e. The molecule has 4 heteroatoms. The lowest BCUT2D eigenvalue weighted by Crippen LogP contribution is -2.43. The molecule has 0 aromatic rings. The highest BCUT2D eigenvalue weighted by molar-refractivity contribution is 5.68. The molecule has 0 heterocycles. The molecule has 0 bridgehead atoms. The minimum Gasteiger partial charge on any atom is -0.444 e. The van der Waals surface area contributed by atoms with Crippen molar-refractivity contribution in [2.45, 2.75) is 123 Å². The van der Waals surface area contributed by atoms with Crippen molar-refractivity contribution in [1.29, 1.82) is 0 Å². The van der Waals surface area contributed by atoms with Gasteiger partial charge in [-0.25, -0.2) is 4.79 Å². The number of carbonyl (C=O) groups excluding carboxylic acids is 1. The monoisotopic (exact) mass is 369 g/mol. The second-order valence-corrected chi connectivity index (χ2v) is 8.32. The first-order valence-corrected chi connectivity index (χ1v) is 10.6. The Morgan fingerprint density at radius 3 is 2.00 bits per heavy atom. The number of rotatable bonds is 14. The molecule has 0 rings (SSSR count). The van der Waals surface area contributed by atoms with Crippen LogP contribution in [0.3, 0.4) is 0 Å². The summed E-state index contributed by atoms with van der Waals surface area (Å²) in [5.74, 6) is 0. The summed E-state index contributed by atoms with van der Waals surface area (Å²) in [6.07, 6.45) is 16.9. The molecule has 0 saturated heterocycles. The van der Waals surface area contributed by atoms with Gasteiger partial charge in [0, 0.05) is 0 Å². The Kier molecular flexibility index (Phi) is 14.5. The van der Waals surface area contributed by atoms with Crippen LogP contribution < -0.4 is 5.32 Å². The van der Waals surface area contributed by atoms with Crippen LogP contribution in [0.4, 0.5) is 4.79 Å². The fourth-order valence-corrected chi connectivity index (χ4v) is 2.73. The maximum absolute atomic E-state index is 11.7. The molecular formula is C22H43NO3. The van der Waals surface area contributed by atoms with Gasteiger partial charge in [0.05, 0.1) is 12.1 Å². The molecule has 0 spiro atoms. The van der Waals surface area contributed by atoms with E-state index in [9.17, 15) is 9.90 Å². The standard InChI is InChI=1S/C22H43NO3/c1-6-7-8-9-10-11-12-13-14-15-16-17-18-20(24)19(2)23-21(25)26-22(3,4)5/h17-20,24H,6-16H2,1-5H3,(H,23,25)/b18-17+/t19-,20-/m0/s1. The molecule has 0 aliphatic rings. The van der Waals surface area contributed by atoms with Crippen molar-refractivity contribution < 1.29 is 14.6 Å². The summed E-state index contributed by atoms with van der Waals surface area (Å²) in [7, 11) is 0. The highest BCUT2D eigenvalue weighted by Gasteiger charge is 2.19. The number of amides is 1. The molecule has 0 fully saturated rings. The molecule has 0 aromatic heterocycles. The normalized spacial score (nSPS) is 14.4. The Hall–Kier alpha value is -1.03. The average Bonchev–Trinajstić information content (AvgIpc) is 2.53. The van der Waals surface area contributed by atoms with E-state index in [4.69, 9.17) is 4.74 Å². The Labute approximate surface area is 161 Å². The van der Waals surface area contributed by atoms with Gasteiger partial charge in [0.25, 0.3) is 0 Å². The zero-order chi connectivity index (χ0) is 19.8. The third-order valence-electron chi connectivity index (χ3n) is 4.31. The van der Waals surface area contributed by atoms with E-state index in [-0.39, 0.29) is 6.04 Å². The first kappa shape index (κ1) is 25.0. The van der Waals surface area contributed by atoms with E-state index in [1.54, 1.807) is 13.0 Å². The summed E-state index contributed by atoms with van der Waals surface area (Å²) in [6.45, 7) is 9.49. The van der Waals surface area contributed by atoms with Crippen molar-refractivity contribution in [3.8, 4) is 0 Å². The Bertz CT molecular complexity index is 374. The van der Waals surface area contributed by atoms with Gasteiger partial charge in [0.2, 0.25) is 0 Å². The number of allylic oxidation sites excluding steroid dienone is 1. The van der Waals surface area contributed by atoms with Crippen LogP contribution in [0.15, 0.2) is 12.2 Å². The van der Waals surface area contributed by atoms with E-state index in [1.807, 2.05) is 26.8 Å². The van der Waals surface area contributed by atoms with Crippen LogP contribution in [0.2, 0.25) is 0 Å². The Balaban J connectivity index is 3.64. The molecular weight excluding hydrogens is 326 g/mol. The van der Waals surface area contributed by atoms with Crippen molar-refractivity contribution in [2.24, 2.45) is 0 Å². The summed E-state index contributed by atoms with van der Waals surface area (Å²) in [5, 5.41) is 12.7. The topological polar surface area (TPSA) is 58.6 Å². The van der Waals surface area contributed by atoms with Crippen molar-refractivity contribution >= 4 is 6.09 Å². The van der Waals surface area contributed by atoms with Gasteiger partial charge in [-0.3, -0.25) is 0 Å². The van der Waals surface area contributed by atoms with Crippen molar-refractivity contribution in [2.75, 3.05) is 0 Å². The van der Waals surface area contributed by atoms with Crippen molar-refractivity contribution in [1.82, 2.24) is 5.32 Å². The lowest BCUT2D eigenvalue weighted by Gasteiger charge is -2.23. The van der Waals surface area contributed by atoms with E-state index < -0.39 is 17.8 Å². The number of carbonyl (C=O) groups is 1. The third kappa shape index (κ3) is 16.4. The summed E-state index contributed by atoms with van der Waals surface area (Å²) >= 11 is 0. The van der Waals surface area contributed by atoms with Crippen LogP contribution in [0.1, 0.15) is 105 Å². The summed E-state index contributed by atoms with van der Waals surface area (Å²) in [6, 6.07) is -0.367. The minimum atomic E-state index is -0.689. The minimum absolute atomic E-state index is 0.367. The zero-order valence-corrected chi connectivity index (χ0v) is 17.9. The van der Waals surface area contributed by atoms with Gasteiger partial charge in [0.15, 0.2) is 0 Å². The number of ether oxygens (including phenoxy) is 1. The molecule has 2 N–H and O–H groups in total. The number of unbranched alkanes of at least 4 members (excludes halogenated alkanes) is 10. The number of aliphatic hydroxyl groups is 1. The van der Waals surface area contributed by atoms with E-state index >= 15 is 0 Å². The predicted molar refractivity (Wildman–Crippen MR) is 110 cm³/mol. The number of hydrogen-bond acceptors (Lipinski definition) is 3. The maximum Gasteiger partial charge on any atom is 0.407 e. The van der Waals surface area contributed by atoms with Gasteiger partial charge in [-0.05, 0) is 40.5 Å². The van der Waals surface area contributed by atoms with Crippen molar-refractivity contribution in [3.63, 3.8) is 0 Å². The highest BCUT2D eigenvalue weighted by Crippen LogP contribution is 2.12. The van der Waals surface area contributed by atoms with E-state index in [0.29, 0.717) is 0 Å². The van der Waals surface area contributed by atoms with Crippen LogP contribution in [-0.2, 0) is 4.74 Å². The van der Waals surface area contributed by atoms with Crippen LogP contribution in [0.5, 0.6) is 0 Å². The molecule has 1 amide bonds. The molecule has 0 radical (unpaired) electrons. The summed E-state index contributed by atoms with van der Waals surface area (Å²) < 4.78 is 5.19. The summed E-state index contributed by atoms with van der Waals surface area (Å²) in [4.78, 5) is 11.7. The Morgan fingerprint density at radius 1 is 1.00 bits per heavy atom. The van der Waals surface area contributed by atoms with Crippen LogP contribution in [0, 0.1) is 0 Å². The predicted octanol–water partition coefficient (Wildman–Crippen LogP) is 6.13. The maximum atomic E-state index is 11.7. The fraction of sp³-hybridized carbons (Fsp3) is 0.864. The molecule has 26 heavy (non-hydrogen) atoms. The van der Waals surface area contributed by atoms with Gasteiger partial charge >= 0.3 is 6.09 Å². The van der Waals surface area contributed by atoms with Crippen LogP contribution in [0.25, 0.3) is 0 Å². The van der Waals surface area contributed by atoms with Gasteiger partial charge in [-0.2, -0.15) is 0 Å². The van der Waals surface area contributed by atoms with Gasteiger partial charge in [-0.1, -0.05) is 76.9 Å². The molecule has 0 aliphatic carbocycles. The molecule has 0 saturated carbocycles. The lowest BCUT2D eigenvalue weighted by atomic mass is 10.1. The third-order valence-corrected chi connectivity index (χ3v) is 4.31. The number of alkyl carbamates (subject to hydrolysis) is 1. The second-order valence-electron chi connectivity index (χ2n) is 8.32. The molecule has 154 valence electrons. The second kappa shape index (κ2) is 15.1. The highest BCUT2D eigenvalue weighted by atomic mass is 16.6. The van der Waals surface area contributed by atoms with Gasteiger partial charge < -0.3 is 15.2 Å². The molecule has 2 atom stereocenters. The molecule has 0 aromatic carbocycles. The molecule has 0 aliphatic heterocycles. The molecule has 4 nitrogen and oxygen atoms in total. The van der Waals surface area contributed by atoms with E-state index in [0.717, 1.165) is 12.8 Å². The average molecular weight is 370 g/mol. The van der Waals surface area contributed by atoms with Gasteiger partial charge in [0.1, 0.15) is 5.60 Å². The van der Waals surface area contributed by atoms with Crippen LogP contribution >= 0.6 is 0 Å². The first-order valence-electron chi connectivity index (χ1n) is 10.6. The fourth-order valence-electron chi connectivity index (χ4n) is 2.73. The quantitative estimate of drug-likeness (QED) is 0.286. The summed E-state index contributed by atoms with van der Waals surface area (Å²) in [5.41, 5.74) is -0.528. The lowest BCUT2D eigenvalue weighted by molar-refractivity contribution is 0.0465. The Morgan fingerprint density at radius 2 is 1.50 bits per heavy atom.